The van der Waals surface area contributed by atoms with E-state index < -0.39 is 20.0 Å². The van der Waals surface area contributed by atoms with Crippen molar-refractivity contribution in [2.75, 3.05) is 40.9 Å². The van der Waals surface area contributed by atoms with Crippen molar-refractivity contribution in [3.8, 4) is 0 Å². The molecular weight excluding hydrogens is 832 g/mol. The monoisotopic (exact) mass is 930 g/mol. The summed E-state index contributed by atoms with van der Waals surface area (Å²) in [5.74, 6) is -0.566. The van der Waals surface area contributed by atoms with Crippen LogP contribution in [-0.2, 0) is 27.9 Å². The SMILES string of the molecule is CC/C=C/C/C=C/C/C=C/CCCCCCC(=O)NC(COP(=O)(O)OCC[N+](C)(C)C)C(/C=C/CCCCCCCCCCC)OC(=O)CCCCCC/C=C/C/C=C/C/C=C/CC. The summed E-state index contributed by atoms with van der Waals surface area (Å²) in [6.45, 7) is 6.71. The van der Waals surface area contributed by atoms with Crippen LogP contribution in [0.5, 0.6) is 0 Å². The van der Waals surface area contributed by atoms with Gasteiger partial charge in [0.15, 0.2) is 0 Å². The van der Waals surface area contributed by atoms with Crippen molar-refractivity contribution in [1.82, 2.24) is 5.32 Å². The minimum Gasteiger partial charge on any atom is -0.456 e. The molecule has 0 bridgehead atoms. The van der Waals surface area contributed by atoms with Gasteiger partial charge in [-0.25, -0.2) is 4.57 Å². The maximum Gasteiger partial charge on any atom is 0.472 e. The van der Waals surface area contributed by atoms with Gasteiger partial charge in [-0.15, -0.1) is 0 Å². The van der Waals surface area contributed by atoms with Crippen molar-refractivity contribution < 1.29 is 37.3 Å². The molecule has 0 aromatic heterocycles. The summed E-state index contributed by atoms with van der Waals surface area (Å²) < 4.78 is 30.4. The predicted molar refractivity (Wildman–Crippen MR) is 277 cm³/mol. The van der Waals surface area contributed by atoms with Crippen molar-refractivity contribution in [3.63, 3.8) is 0 Å². The summed E-state index contributed by atoms with van der Waals surface area (Å²) in [5, 5.41) is 3.01. The first kappa shape index (κ1) is 62.2. The Labute approximate surface area is 399 Å². The first-order chi connectivity index (χ1) is 31.4. The second kappa shape index (κ2) is 45.0. The molecule has 0 aliphatic carbocycles. The third kappa shape index (κ3) is 46.1. The Hall–Kier alpha value is -2.81. The fraction of sp³-hybridized carbons (Fsp3) is 0.709. The topological polar surface area (TPSA) is 111 Å². The van der Waals surface area contributed by atoms with Gasteiger partial charge < -0.3 is 19.4 Å². The van der Waals surface area contributed by atoms with E-state index in [-0.39, 0.29) is 31.5 Å². The van der Waals surface area contributed by atoms with Crippen molar-refractivity contribution in [2.45, 2.75) is 213 Å². The fourth-order valence-corrected chi connectivity index (χ4v) is 7.58. The van der Waals surface area contributed by atoms with Gasteiger partial charge in [0.2, 0.25) is 5.91 Å². The number of hydrogen-bond donors (Lipinski definition) is 2. The van der Waals surface area contributed by atoms with E-state index in [1.165, 1.54) is 44.9 Å². The molecule has 0 spiro atoms. The number of unbranched alkanes of at least 4 members (excludes halogenated alkanes) is 17. The van der Waals surface area contributed by atoms with Gasteiger partial charge in [-0.05, 0) is 96.0 Å². The molecule has 0 rings (SSSR count). The molecule has 0 saturated heterocycles. The highest BCUT2D eigenvalue weighted by atomic mass is 31.2. The molecule has 1 amide bonds. The molecule has 374 valence electrons. The molecule has 9 nitrogen and oxygen atoms in total. The van der Waals surface area contributed by atoms with Crippen LogP contribution >= 0.6 is 7.82 Å². The van der Waals surface area contributed by atoms with Crippen LogP contribution in [0.15, 0.2) is 85.1 Å². The molecule has 0 heterocycles. The third-order valence-electron chi connectivity index (χ3n) is 10.8. The Kier molecular flexibility index (Phi) is 43.1. The number of nitrogens with zero attached hydrogens (tertiary/aromatic N) is 1. The van der Waals surface area contributed by atoms with Gasteiger partial charge in [-0.3, -0.25) is 18.6 Å². The standard InChI is InChI=1S/C55H97N2O7P/c1-7-10-13-16-19-22-25-27-29-32-35-38-41-44-47-54(58)56-52(51-63-65(60,61)62-50-49-57(4,5)6)53(46-43-40-37-34-31-24-21-18-15-12-9-3)64-55(59)48-45-42-39-36-33-30-28-26-23-20-17-14-11-8-2/h10-11,13-14,19-20,22-23,27-30,43,46,52-53H,7-9,12,15-18,21,24-26,31-42,44-45,47-51H2,1-6H3,(H-,56,58,60,61)/p+1/b13-10+,14-11+,22-19+,23-20+,29-27+,30-28+,46-43+. The summed E-state index contributed by atoms with van der Waals surface area (Å²) in [7, 11) is 1.45. The molecule has 3 unspecified atom stereocenters. The molecule has 0 radical (unpaired) electrons. The number of amides is 1. The normalized spacial score (nSPS) is 14.6. The highest BCUT2D eigenvalue weighted by Gasteiger charge is 2.30. The Morgan fingerprint density at radius 2 is 0.985 bits per heavy atom. The first-order valence-electron chi connectivity index (χ1n) is 25.9. The minimum absolute atomic E-state index is 0.0277. The van der Waals surface area contributed by atoms with Crippen molar-refractivity contribution in [2.24, 2.45) is 0 Å². The van der Waals surface area contributed by atoms with E-state index in [1.807, 2.05) is 33.3 Å². The molecule has 0 aliphatic rings. The van der Waals surface area contributed by atoms with Crippen LogP contribution in [0.3, 0.4) is 0 Å². The van der Waals surface area contributed by atoms with Crippen molar-refractivity contribution in [3.05, 3.63) is 85.1 Å². The van der Waals surface area contributed by atoms with Crippen LogP contribution < -0.4 is 5.32 Å². The number of phosphoric acid groups is 1. The second-order valence-corrected chi connectivity index (χ2v) is 19.7. The lowest BCUT2D eigenvalue weighted by Gasteiger charge is -2.27. The summed E-state index contributed by atoms with van der Waals surface area (Å²) in [5.41, 5.74) is 0. The number of likely N-dealkylation sites (N-methyl/N-ethyl adjacent to an activating group) is 1. The smallest absolute Gasteiger partial charge is 0.456 e. The van der Waals surface area contributed by atoms with Gasteiger partial charge in [-0.1, -0.05) is 177 Å². The summed E-state index contributed by atoms with van der Waals surface area (Å²) in [6, 6.07) is -0.871. The van der Waals surface area contributed by atoms with E-state index in [9.17, 15) is 19.0 Å². The number of quaternary nitrogens is 1. The molecule has 10 heteroatoms. The van der Waals surface area contributed by atoms with Gasteiger partial charge in [0.05, 0.1) is 33.8 Å². The number of allylic oxidation sites excluding steroid dienone is 13. The zero-order valence-electron chi connectivity index (χ0n) is 42.4. The molecule has 3 atom stereocenters. The van der Waals surface area contributed by atoms with Crippen molar-refractivity contribution in [1.29, 1.82) is 0 Å². The molecule has 0 aromatic rings. The molecule has 65 heavy (non-hydrogen) atoms. The number of nitrogens with one attached hydrogen (secondary N) is 1. The van der Waals surface area contributed by atoms with Gasteiger partial charge in [0.1, 0.15) is 19.3 Å². The van der Waals surface area contributed by atoms with Gasteiger partial charge in [0.25, 0.3) is 0 Å². The Morgan fingerprint density at radius 3 is 1.48 bits per heavy atom. The van der Waals surface area contributed by atoms with E-state index in [1.54, 1.807) is 0 Å². The molecular formula is C55H98N2O7P+. The summed E-state index contributed by atoms with van der Waals surface area (Å²) in [4.78, 5) is 37.4. The summed E-state index contributed by atoms with van der Waals surface area (Å²) >= 11 is 0. The summed E-state index contributed by atoms with van der Waals surface area (Å²) in [6.07, 6.45) is 57.2. The van der Waals surface area contributed by atoms with Gasteiger partial charge in [0, 0.05) is 12.8 Å². The Morgan fingerprint density at radius 1 is 0.554 bits per heavy atom. The fourth-order valence-electron chi connectivity index (χ4n) is 6.85. The van der Waals surface area contributed by atoms with Gasteiger partial charge in [-0.2, -0.15) is 0 Å². The highest BCUT2D eigenvalue weighted by molar-refractivity contribution is 7.47. The lowest BCUT2D eigenvalue weighted by Crippen LogP contribution is -2.47. The number of carbonyl (C=O) groups excluding carboxylic acids is 2. The number of ether oxygens (including phenoxy) is 1. The van der Waals surface area contributed by atoms with Crippen LogP contribution in [0.4, 0.5) is 0 Å². The first-order valence-corrected chi connectivity index (χ1v) is 27.4. The van der Waals surface area contributed by atoms with E-state index in [0.29, 0.717) is 30.3 Å². The van der Waals surface area contributed by atoms with Crippen LogP contribution in [0, 0.1) is 0 Å². The van der Waals surface area contributed by atoms with Crippen LogP contribution in [0.25, 0.3) is 0 Å². The lowest BCUT2D eigenvalue weighted by atomic mass is 10.1. The van der Waals surface area contributed by atoms with Crippen molar-refractivity contribution >= 4 is 19.7 Å². The Bertz CT molecular complexity index is 1390. The minimum atomic E-state index is -4.45. The zero-order valence-corrected chi connectivity index (χ0v) is 43.3. The molecule has 0 aliphatic heterocycles. The average molecular weight is 930 g/mol. The third-order valence-corrected chi connectivity index (χ3v) is 11.8. The largest absolute Gasteiger partial charge is 0.472 e. The maximum absolute atomic E-state index is 13.4. The molecule has 0 saturated carbocycles. The quantitative estimate of drug-likeness (QED) is 0.0206. The number of esters is 1. The number of rotatable bonds is 45. The number of carbonyl (C=O) groups is 2. The number of phosphoric ester groups is 1. The van der Waals surface area contributed by atoms with E-state index >= 15 is 0 Å². The average Bonchev–Trinajstić information content (AvgIpc) is 3.26. The van der Waals surface area contributed by atoms with Crippen LogP contribution in [0.1, 0.15) is 201 Å². The van der Waals surface area contributed by atoms with E-state index in [2.05, 4.69) is 99.0 Å². The molecule has 2 N–H and O–H groups in total. The molecule has 0 fully saturated rings. The zero-order chi connectivity index (χ0) is 48.0. The van der Waals surface area contributed by atoms with E-state index in [0.717, 1.165) is 109 Å². The van der Waals surface area contributed by atoms with Crippen LogP contribution in [0.2, 0.25) is 0 Å². The Balaban J connectivity index is 5.50. The van der Waals surface area contributed by atoms with E-state index in [4.69, 9.17) is 13.8 Å². The number of hydrogen-bond acceptors (Lipinski definition) is 6. The second-order valence-electron chi connectivity index (χ2n) is 18.3. The maximum atomic E-state index is 13.4. The van der Waals surface area contributed by atoms with Crippen LogP contribution in [-0.4, -0.2) is 74.3 Å². The molecule has 0 aromatic carbocycles. The predicted octanol–water partition coefficient (Wildman–Crippen LogP) is 15.1. The lowest BCUT2D eigenvalue weighted by molar-refractivity contribution is -0.870. The van der Waals surface area contributed by atoms with Gasteiger partial charge >= 0.3 is 13.8 Å². The highest BCUT2D eigenvalue weighted by Crippen LogP contribution is 2.43.